The van der Waals surface area contributed by atoms with Crippen LogP contribution in [-0.4, -0.2) is 55.1 Å². The van der Waals surface area contributed by atoms with Gasteiger partial charge >= 0.3 is 0 Å². The zero-order valence-corrected chi connectivity index (χ0v) is 8.82. The summed E-state index contributed by atoms with van der Waals surface area (Å²) in [6.07, 6.45) is -0.872. The molecule has 0 bridgehead atoms. The van der Waals surface area contributed by atoms with Gasteiger partial charge in [0.15, 0.2) is 0 Å². The minimum absolute atomic E-state index is 0.297. The van der Waals surface area contributed by atoms with E-state index in [2.05, 4.69) is 5.32 Å². The van der Waals surface area contributed by atoms with E-state index in [4.69, 9.17) is 17.2 Å². The lowest BCUT2D eigenvalue weighted by molar-refractivity contribution is -0.00701. The monoisotopic (exact) mass is 205 g/mol. The highest BCUT2D eigenvalue weighted by molar-refractivity contribution is 4.68. The van der Waals surface area contributed by atoms with Crippen molar-refractivity contribution in [3.8, 4) is 0 Å². The van der Waals surface area contributed by atoms with E-state index in [9.17, 15) is 5.11 Å². The van der Waals surface area contributed by atoms with Crippen LogP contribution in [0.3, 0.4) is 0 Å². The first-order valence-electron chi connectivity index (χ1n) is 4.93. The molecule has 0 saturated carbocycles. The Labute approximate surface area is 85.4 Å². The van der Waals surface area contributed by atoms with Crippen molar-refractivity contribution in [3.05, 3.63) is 0 Å². The summed E-state index contributed by atoms with van der Waals surface area (Å²) in [5, 5.41) is 12.5. The van der Waals surface area contributed by atoms with Gasteiger partial charge in [-0.15, -0.1) is 0 Å². The van der Waals surface area contributed by atoms with Crippen LogP contribution in [0.4, 0.5) is 0 Å². The van der Waals surface area contributed by atoms with E-state index in [-0.39, 0.29) is 6.17 Å². The Hall–Kier alpha value is -0.240. The third-order valence-electron chi connectivity index (χ3n) is 2.02. The average Bonchev–Trinajstić information content (AvgIpc) is 2.16. The molecule has 2 unspecified atom stereocenters. The second-order valence-electron chi connectivity index (χ2n) is 3.21. The molecule has 0 aliphatic carbocycles. The van der Waals surface area contributed by atoms with E-state index >= 15 is 0 Å². The second-order valence-corrected chi connectivity index (χ2v) is 3.21. The largest absolute Gasteiger partial charge is 0.379 e. The van der Waals surface area contributed by atoms with Gasteiger partial charge in [-0.25, -0.2) is 0 Å². The van der Waals surface area contributed by atoms with Gasteiger partial charge < -0.3 is 27.6 Å². The zero-order chi connectivity index (χ0) is 11.0. The third kappa shape index (κ3) is 5.48. The van der Waals surface area contributed by atoms with E-state index in [1.807, 2.05) is 0 Å². The van der Waals surface area contributed by atoms with E-state index in [0.717, 1.165) is 13.1 Å². The quantitative estimate of drug-likeness (QED) is 0.220. The summed E-state index contributed by atoms with van der Waals surface area (Å²) in [6, 6.07) is 0. The normalized spacial score (nSPS) is 15.9. The van der Waals surface area contributed by atoms with Crippen LogP contribution in [0.5, 0.6) is 0 Å². The van der Waals surface area contributed by atoms with E-state index < -0.39 is 6.23 Å². The third-order valence-corrected chi connectivity index (χ3v) is 2.02. The van der Waals surface area contributed by atoms with Crippen molar-refractivity contribution in [3.63, 3.8) is 0 Å². The van der Waals surface area contributed by atoms with Gasteiger partial charge in [0.2, 0.25) is 0 Å². The molecule has 0 aliphatic rings. The average molecular weight is 205 g/mol. The Morgan fingerprint density at radius 2 is 2.00 bits per heavy atom. The number of hydrogen-bond acceptors (Lipinski definition) is 6. The number of aliphatic hydroxyl groups excluding tert-OH is 1. The highest BCUT2D eigenvalue weighted by Gasteiger charge is 2.16. The molecule has 0 saturated heterocycles. The molecule has 0 rings (SSSR count). The zero-order valence-electron chi connectivity index (χ0n) is 8.82. The van der Waals surface area contributed by atoms with Crippen LogP contribution in [-0.2, 0) is 0 Å². The predicted molar refractivity (Wildman–Crippen MR) is 57.3 cm³/mol. The first-order chi connectivity index (χ1) is 6.63. The van der Waals surface area contributed by atoms with Crippen molar-refractivity contribution < 1.29 is 5.11 Å². The maximum atomic E-state index is 9.41. The summed E-state index contributed by atoms with van der Waals surface area (Å²) in [6.45, 7) is 4.80. The van der Waals surface area contributed by atoms with Gasteiger partial charge in [0, 0.05) is 32.7 Å². The van der Waals surface area contributed by atoms with Crippen LogP contribution < -0.4 is 22.5 Å². The molecule has 0 aromatic heterocycles. The van der Waals surface area contributed by atoms with Crippen molar-refractivity contribution in [1.82, 2.24) is 10.2 Å². The maximum Gasteiger partial charge on any atom is 0.105 e. The summed E-state index contributed by atoms with van der Waals surface area (Å²) < 4.78 is 0. The van der Waals surface area contributed by atoms with Gasteiger partial charge in [0.25, 0.3) is 0 Å². The number of nitrogens with one attached hydrogen (secondary N) is 1. The Kier molecular flexibility index (Phi) is 7.96. The highest BCUT2D eigenvalue weighted by atomic mass is 16.3. The molecule has 0 spiro atoms. The number of rotatable bonds is 8. The lowest BCUT2D eigenvalue weighted by Crippen LogP contribution is -2.53. The molecule has 0 aromatic rings. The predicted octanol–water partition coefficient (Wildman–Crippen LogP) is -2.58. The first-order valence-corrected chi connectivity index (χ1v) is 4.93. The topological polar surface area (TPSA) is 114 Å². The van der Waals surface area contributed by atoms with Gasteiger partial charge in [-0.2, -0.15) is 0 Å². The van der Waals surface area contributed by atoms with Crippen molar-refractivity contribution >= 4 is 0 Å². The van der Waals surface area contributed by atoms with Crippen LogP contribution in [0.25, 0.3) is 0 Å². The van der Waals surface area contributed by atoms with Crippen LogP contribution >= 0.6 is 0 Å². The fourth-order valence-electron chi connectivity index (χ4n) is 1.20. The number of hydrogen-bond donors (Lipinski definition) is 5. The Bertz CT molecular complexity index is 133. The van der Waals surface area contributed by atoms with E-state index in [0.29, 0.717) is 19.6 Å². The van der Waals surface area contributed by atoms with Crippen molar-refractivity contribution in [1.29, 1.82) is 0 Å². The van der Waals surface area contributed by atoms with Crippen LogP contribution in [0.2, 0.25) is 0 Å². The molecule has 0 amide bonds. The number of nitrogens with two attached hydrogens (primary N) is 3. The summed E-state index contributed by atoms with van der Waals surface area (Å²) >= 11 is 0. The molecular formula is C8H23N5O. The van der Waals surface area contributed by atoms with Crippen LogP contribution in [0.15, 0.2) is 0 Å². The molecule has 6 nitrogen and oxygen atoms in total. The maximum absolute atomic E-state index is 9.41. The summed E-state index contributed by atoms with van der Waals surface area (Å²) in [7, 11) is 0. The molecular weight excluding hydrogens is 182 g/mol. The van der Waals surface area contributed by atoms with Crippen molar-refractivity contribution in [2.45, 2.75) is 19.3 Å². The summed E-state index contributed by atoms with van der Waals surface area (Å²) in [5.74, 6) is 0. The van der Waals surface area contributed by atoms with E-state index in [1.165, 1.54) is 0 Å². The Balaban J connectivity index is 3.74. The first kappa shape index (κ1) is 13.8. The molecule has 14 heavy (non-hydrogen) atoms. The van der Waals surface area contributed by atoms with Crippen molar-refractivity contribution in [2.75, 3.05) is 32.7 Å². The fraction of sp³-hybridized carbons (Fsp3) is 1.00. The SMILES string of the molecule is CC(O)N(CCNCCN)C(N)CN. The van der Waals surface area contributed by atoms with Crippen LogP contribution in [0, 0.1) is 0 Å². The van der Waals surface area contributed by atoms with Gasteiger partial charge in [0.05, 0.1) is 6.17 Å². The van der Waals surface area contributed by atoms with Crippen LogP contribution in [0.1, 0.15) is 6.92 Å². The molecule has 8 N–H and O–H groups in total. The number of aliphatic hydroxyl groups is 1. The molecule has 0 aliphatic heterocycles. The molecule has 0 fully saturated rings. The second kappa shape index (κ2) is 8.10. The van der Waals surface area contributed by atoms with Gasteiger partial charge in [0.1, 0.15) is 6.23 Å². The smallest absolute Gasteiger partial charge is 0.105 e. The number of nitrogens with zero attached hydrogens (tertiary/aromatic N) is 1. The minimum atomic E-state index is -0.576. The lowest BCUT2D eigenvalue weighted by atomic mass is 10.3. The molecule has 2 atom stereocenters. The van der Waals surface area contributed by atoms with Crippen molar-refractivity contribution in [2.24, 2.45) is 17.2 Å². The van der Waals surface area contributed by atoms with Gasteiger partial charge in [-0.05, 0) is 6.92 Å². The molecule has 0 radical (unpaired) electrons. The molecule has 86 valence electrons. The highest BCUT2D eigenvalue weighted by Crippen LogP contribution is 1.96. The standard InChI is InChI=1S/C8H23N5O/c1-7(14)13(8(11)6-10)5-4-12-3-2-9/h7-8,12,14H,2-6,9-11H2,1H3. The minimum Gasteiger partial charge on any atom is -0.379 e. The van der Waals surface area contributed by atoms with E-state index in [1.54, 1.807) is 11.8 Å². The Morgan fingerprint density at radius 1 is 1.36 bits per heavy atom. The van der Waals surface area contributed by atoms with Gasteiger partial charge in [-0.1, -0.05) is 0 Å². The molecule has 0 heterocycles. The Morgan fingerprint density at radius 3 is 2.43 bits per heavy atom. The van der Waals surface area contributed by atoms with Gasteiger partial charge in [-0.3, -0.25) is 4.90 Å². The molecule has 0 aromatic carbocycles. The summed E-state index contributed by atoms with van der Waals surface area (Å²) in [4.78, 5) is 1.74. The lowest BCUT2D eigenvalue weighted by Gasteiger charge is -2.30. The fourth-order valence-corrected chi connectivity index (χ4v) is 1.20. The molecule has 6 heteroatoms. The summed E-state index contributed by atoms with van der Waals surface area (Å²) in [5.41, 5.74) is 16.5.